The van der Waals surface area contributed by atoms with Gasteiger partial charge in [0, 0.05) is 17.8 Å². The van der Waals surface area contributed by atoms with Gasteiger partial charge in [0.25, 0.3) is 0 Å². The largest absolute Gasteiger partial charge is 0.469 e. The number of carbonyl (C=O) groups excluding carboxylic acids is 2. The highest BCUT2D eigenvalue weighted by Crippen LogP contribution is 2.37. The van der Waals surface area contributed by atoms with Crippen molar-refractivity contribution in [3.63, 3.8) is 0 Å². The van der Waals surface area contributed by atoms with Gasteiger partial charge < -0.3 is 4.74 Å². The van der Waals surface area contributed by atoms with Crippen molar-refractivity contribution in [2.24, 2.45) is 0 Å². The van der Waals surface area contributed by atoms with E-state index in [0.717, 1.165) is 5.69 Å². The SMILES string of the molecule is COC(=O)CCC1(C)CN(c2ccccc2)C(=O)N1c1ccc(C#N)cc1. The lowest BCUT2D eigenvalue weighted by Crippen LogP contribution is -2.45. The lowest BCUT2D eigenvalue weighted by atomic mass is 9.94. The zero-order valence-electron chi connectivity index (χ0n) is 15.4. The molecular formula is C21H21N3O3. The summed E-state index contributed by atoms with van der Waals surface area (Å²) in [6.07, 6.45) is 0.685. The quantitative estimate of drug-likeness (QED) is 0.759. The third-order valence-electron chi connectivity index (χ3n) is 4.88. The smallest absolute Gasteiger partial charge is 0.329 e. The first-order valence-electron chi connectivity index (χ1n) is 8.72. The lowest BCUT2D eigenvalue weighted by molar-refractivity contribution is -0.140. The molecule has 0 aromatic heterocycles. The van der Waals surface area contributed by atoms with Crippen LogP contribution in [0.4, 0.5) is 16.2 Å². The highest BCUT2D eigenvalue weighted by molar-refractivity contribution is 6.07. The molecule has 0 N–H and O–H groups in total. The second-order valence-electron chi connectivity index (χ2n) is 6.77. The van der Waals surface area contributed by atoms with Gasteiger partial charge >= 0.3 is 12.0 Å². The summed E-state index contributed by atoms with van der Waals surface area (Å²) in [6.45, 7) is 2.42. The molecule has 0 bridgehead atoms. The van der Waals surface area contributed by atoms with Crippen molar-refractivity contribution in [1.82, 2.24) is 0 Å². The number of benzene rings is 2. The zero-order chi connectivity index (χ0) is 19.4. The molecule has 3 rings (SSSR count). The second kappa shape index (κ2) is 7.50. The number of ether oxygens (including phenoxy) is 1. The Morgan fingerprint density at radius 3 is 2.41 bits per heavy atom. The van der Waals surface area contributed by atoms with Gasteiger partial charge in [-0.25, -0.2) is 4.79 Å². The molecule has 1 atom stereocenters. The number of para-hydroxylation sites is 1. The number of esters is 1. The molecule has 0 spiro atoms. The molecule has 1 fully saturated rings. The third-order valence-corrected chi connectivity index (χ3v) is 4.88. The van der Waals surface area contributed by atoms with Gasteiger partial charge in [-0.3, -0.25) is 14.6 Å². The van der Waals surface area contributed by atoms with Crippen molar-refractivity contribution < 1.29 is 14.3 Å². The number of urea groups is 1. The third kappa shape index (κ3) is 3.63. The van der Waals surface area contributed by atoms with Crippen molar-refractivity contribution in [2.45, 2.75) is 25.3 Å². The summed E-state index contributed by atoms with van der Waals surface area (Å²) >= 11 is 0. The van der Waals surface area contributed by atoms with Crippen LogP contribution in [0.1, 0.15) is 25.3 Å². The normalized spacial score (nSPS) is 19.1. The van der Waals surface area contributed by atoms with Gasteiger partial charge in [0.15, 0.2) is 0 Å². The molecule has 2 aromatic rings. The average molecular weight is 363 g/mol. The Balaban J connectivity index is 1.97. The Morgan fingerprint density at radius 1 is 1.15 bits per heavy atom. The summed E-state index contributed by atoms with van der Waals surface area (Å²) in [6, 6.07) is 18.3. The lowest BCUT2D eigenvalue weighted by Gasteiger charge is -2.33. The summed E-state index contributed by atoms with van der Waals surface area (Å²) in [5.41, 5.74) is 1.45. The van der Waals surface area contributed by atoms with Crippen LogP contribution in [0.15, 0.2) is 54.6 Å². The number of hydrogen-bond acceptors (Lipinski definition) is 4. The molecule has 6 heteroatoms. The monoisotopic (exact) mass is 363 g/mol. The Bertz CT molecular complexity index is 874. The highest BCUT2D eigenvalue weighted by Gasteiger charge is 2.47. The molecular weight excluding hydrogens is 342 g/mol. The van der Waals surface area contributed by atoms with E-state index in [-0.39, 0.29) is 18.4 Å². The van der Waals surface area contributed by atoms with Crippen LogP contribution in [-0.4, -0.2) is 31.2 Å². The summed E-state index contributed by atoms with van der Waals surface area (Å²) in [7, 11) is 1.36. The highest BCUT2D eigenvalue weighted by atomic mass is 16.5. The number of anilines is 2. The standard InChI is InChI=1S/C21H21N3O3/c1-21(13-12-19(25)27-2)15-23(17-6-4-3-5-7-17)20(26)24(21)18-10-8-16(14-22)9-11-18/h3-11H,12-13,15H2,1-2H3. The summed E-state index contributed by atoms with van der Waals surface area (Å²) in [5.74, 6) is -0.304. The van der Waals surface area contributed by atoms with Gasteiger partial charge in [-0.15, -0.1) is 0 Å². The number of nitriles is 1. The Kier molecular flexibility index (Phi) is 5.13. The van der Waals surface area contributed by atoms with Crippen LogP contribution in [0.25, 0.3) is 0 Å². The Hall–Kier alpha value is -3.33. The van der Waals surface area contributed by atoms with Crippen LogP contribution < -0.4 is 9.80 Å². The van der Waals surface area contributed by atoms with E-state index in [4.69, 9.17) is 10.00 Å². The number of methoxy groups -OCH3 is 1. The van der Waals surface area contributed by atoms with E-state index in [0.29, 0.717) is 24.2 Å². The molecule has 2 amide bonds. The summed E-state index contributed by atoms with van der Waals surface area (Å²) < 4.78 is 4.77. The van der Waals surface area contributed by atoms with Crippen LogP contribution in [0.3, 0.4) is 0 Å². The fourth-order valence-corrected chi connectivity index (χ4v) is 3.41. The predicted molar refractivity (Wildman–Crippen MR) is 102 cm³/mol. The van der Waals surface area contributed by atoms with Gasteiger partial charge in [0.1, 0.15) is 0 Å². The molecule has 0 aliphatic carbocycles. The van der Waals surface area contributed by atoms with Gasteiger partial charge in [0.2, 0.25) is 0 Å². The molecule has 1 aliphatic rings. The molecule has 1 unspecified atom stereocenters. The van der Waals surface area contributed by atoms with E-state index >= 15 is 0 Å². The minimum atomic E-state index is -0.588. The van der Waals surface area contributed by atoms with E-state index in [1.165, 1.54) is 7.11 Å². The van der Waals surface area contributed by atoms with Crippen LogP contribution in [0, 0.1) is 11.3 Å². The minimum absolute atomic E-state index is 0.154. The maximum absolute atomic E-state index is 13.3. The van der Waals surface area contributed by atoms with Crippen LogP contribution >= 0.6 is 0 Å². The van der Waals surface area contributed by atoms with Gasteiger partial charge in [-0.1, -0.05) is 18.2 Å². The van der Waals surface area contributed by atoms with Crippen LogP contribution in [-0.2, 0) is 9.53 Å². The van der Waals surface area contributed by atoms with Crippen molar-refractivity contribution in [2.75, 3.05) is 23.5 Å². The van der Waals surface area contributed by atoms with E-state index in [9.17, 15) is 9.59 Å². The van der Waals surface area contributed by atoms with Gasteiger partial charge in [-0.05, 0) is 49.7 Å². The number of hydrogen-bond donors (Lipinski definition) is 0. The first kappa shape index (κ1) is 18.5. The number of rotatable bonds is 5. The fourth-order valence-electron chi connectivity index (χ4n) is 3.41. The Labute approximate surface area is 158 Å². The maximum atomic E-state index is 13.3. The average Bonchev–Trinajstić information content (AvgIpc) is 2.98. The van der Waals surface area contributed by atoms with E-state index in [1.807, 2.05) is 37.3 Å². The minimum Gasteiger partial charge on any atom is -0.469 e. The Morgan fingerprint density at radius 2 is 1.81 bits per heavy atom. The van der Waals surface area contributed by atoms with Crippen molar-refractivity contribution in [3.05, 3.63) is 60.2 Å². The van der Waals surface area contributed by atoms with Crippen molar-refractivity contribution in [3.8, 4) is 6.07 Å². The maximum Gasteiger partial charge on any atom is 0.329 e. The van der Waals surface area contributed by atoms with Crippen molar-refractivity contribution in [1.29, 1.82) is 5.26 Å². The molecule has 0 saturated carbocycles. The molecule has 0 radical (unpaired) electrons. The number of carbonyl (C=O) groups is 2. The summed E-state index contributed by atoms with van der Waals surface area (Å²) in [5, 5.41) is 9.02. The number of nitrogens with zero attached hydrogens (tertiary/aromatic N) is 3. The molecule has 1 saturated heterocycles. The van der Waals surface area contributed by atoms with E-state index in [2.05, 4.69) is 6.07 Å². The molecule has 138 valence electrons. The fraction of sp³-hybridized carbons (Fsp3) is 0.286. The molecule has 2 aromatic carbocycles. The van der Waals surface area contributed by atoms with Crippen LogP contribution in [0.5, 0.6) is 0 Å². The first-order chi connectivity index (χ1) is 13.0. The van der Waals surface area contributed by atoms with Crippen LogP contribution in [0.2, 0.25) is 0 Å². The molecule has 27 heavy (non-hydrogen) atoms. The van der Waals surface area contributed by atoms with E-state index in [1.54, 1.807) is 34.1 Å². The van der Waals surface area contributed by atoms with E-state index < -0.39 is 5.54 Å². The molecule has 1 heterocycles. The number of amides is 2. The molecule has 1 aliphatic heterocycles. The first-order valence-corrected chi connectivity index (χ1v) is 8.72. The zero-order valence-corrected chi connectivity index (χ0v) is 15.4. The van der Waals surface area contributed by atoms with Crippen molar-refractivity contribution >= 4 is 23.4 Å². The van der Waals surface area contributed by atoms with Gasteiger partial charge in [0.05, 0.1) is 30.8 Å². The molecule has 6 nitrogen and oxygen atoms in total. The topological polar surface area (TPSA) is 73.6 Å². The van der Waals surface area contributed by atoms with Gasteiger partial charge in [-0.2, -0.15) is 5.26 Å². The summed E-state index contributed by atoms with van der Waals surface area (Å²) in [4.78, 5) is 28.4. The second-order valence-corrected chi connectivity index (χ2v) is 6.77. The predicted octanol–water partition coefficient (Wildman–Crippen LogP) is 3.72.